The first-order valence-electron chi connectivity index (χ1n) is 7.75. The topological polar surface area (TPSA) is 95.5 Å². The Hall–Kier alpha value is -1.44. The molecule has 1 atom stereocenters. The lowest BCUT2D eigenvalue weighted by Gasteiger charge is -2.23. The lowest BCUT2D eigenvalue weighted by Crippen LogP contribution is -2.42. The Balaban J connectivity index is 2.01. The van der Waals surface area contributed by atoms with E-state index in [4.69, 9.17) is 0 Å². The number of hydrogen-bond donors (Lipinski definition) is 3. The van der Waals surface area contributed by atoms with Crippen molar-refractivity contribution in [2.24, 2.45) is 11.8 Å². The molecule has 128 valence electrons. The monoisotopic (exact) mass is 340 g/mol. The Bertz CT molecular complexity index is 662. The fourth-order valence-corrected chi connectivity index (χ4v) is 3.32. The SMILES string of the molecule is CC(C)C(=O)Nc1ccc(S(=O)(=O)NC[C@@](C)(O)C2CC2)cc1. The van der Waals surface area contributed by atoms with E-state index in [9.17, 15) is 18.3 Å². The Morgan fingerprint density at radius 1 is 1.30 bits per heavy atom. The van der Waals surface area contributed by atoms with Crippen molar-refractivity contribution in [2.45, 2.75) is 44.1 Å². The predicted octanol–water partition coefficient (Wildman–Crippen LogP) is 1.72. The molecule has 1 aromatic rings. The highest BCUT2D eigenvalue weighted by molar-refractivity contribution is 7.89. The second-order valence-corrected chi connectivity index (χ2v) is 8.39. The fourth-order valence-electron chi connectivity index (χ4n) is 2.18. The molecule has 1 aromatic carbocycles. The van der Waals surface area contributed by atoms with Crippen molar-refractivity contribution in [1.82, 2.24) is 4.72 Å². The molecule has 23 heavy (non-hydrogen) atoms. The largest absolute Gasteiger partial charge is 0.389 e. The van der Waals surface area contributed by atoms with Crippen LogP contribution in [0.4, 0.5) is 5.69 Å². The van der Waals surface area contributed by atoms with Gasteiger partial charge in [-0.1, -0.05) is 13.8 Å². The molecule has 7 heteroatoms. The first-order valence-corrected chi connectivity index (χ1v) is 9.23. The quantitative estimate of drug-likeness (QED) is 0.704. The van der Waals surface area contributed by atoms with Crippen LogP contribution in [-0.4, -0.2) is 31.6 Å². The maximum atomic E-state index is 12.3. The molecule has 0 radical (unpaired) electrons. The number of benzene rings is 1. The number of carbonyl (C=O) groups excluding carboxylic acids is 1. The average molecular weight is 340 g/mol. The molecule has 0 aliphatic heterocycles. The zero-order valence-corrected chi connectivity index (χ0v) is 14.5. The van der Waals surface area contributed by atoms with E-state index in [1.807, 2.05) is 0 Å². The summed E-state index contributed by atoms with van der Waals surface area (Å²) in [5, 5.41) is 12.9. The average Bonchev–Trinajstić information content (AvgIpc) is 3.31. The van der Waals surface area contributed by atoms with Gasteiger partial charge < -0.3 is 10.4 Å². The van der Waals surface area contributed by atoms with E-state index in [1.165, 1.54) is 12.1 Å². The van der Waals surface area contributed by atoms with Gasteiger partial charge in [0.1, 0.15) is 0 Å². The Labute approximate surface area is 137 Å². The van der Waals surface area contributed by atoms with Crippen molar-refractivity contribution < 1.29 is 18.3 Å². The molecule has 0 unspecified atom stereocenters. The van der Waals surface area contributed by atoms with Crippen molar-refractivity contribution in [3.8, 4) is 0 Å². The number of nitrogens with one attached hydrogen (secondary N) is 2. The summed E-state index contributed by atoms with van der Waals surface area (Å²) in [5.74, 6) is -0.109. The van der Waals surface area contributed by atoms with E-state index in [1.54, 1.807) is 32.9 Å². The minimum Gasteiger partial charge on any atom is -0.389 e. The van der Waals surface area contributed by atoms with Gasteiger partial charge in [0, 0.05) is 18.2 Å². The van der Waals surface area contributed by atoms with Crippen LogP contribution in [0, 0.1) is 11.8 Å². The number of carbonyl (C=O) groups is 1. The molecule has 6 nitrogen and oxygen atoms in total. The summed E-state index contributed by atoms with van der Waals surface area (Å²) in [6.07, 6.45) is 1.86. The van der Waals surface area contributed by atoms with Gasteiger partial charge in [0.25, 0.3) is 0 Å². The van der Waals surface area contributed by atoms with E-state index < -0.39 is 15.6 Å². The summed E-state index contributed by atoms with van der Waals surface area (Å²) in [7, 11) is -3.68. The third-order valence-electron chi connectivity index (χ3n) is 4.03. The standard InChI is InChI=1S/C16H24N2O4S/c1-11(2)15(19)18-13-6-8-14(9-7-13)23(21,22)17-10-16(3,20)12-4-5-12/h6-9,11-12,17,20H,4-5,10H2,1-3H3,(H,18,19)/t16-/m1/s1. The van der Waals surface area contributed by atoms with Gasteiger partial charge in [-0.05, 0) is 49.9 Å². The van der Waals surface area contributed by atoms with Crippen molar-refractivity contribution in [3.63, 3.8) is 0 Å². The van der Waals surface area contributed by atoms with Crippen LogP contribution in [0.1, 0.15) is 33.6 Å². The van der Waals surface area contributed by atoms with Gasteiger partial charge in [0.15, 0.2) is 0 Å². The molecule has 0 heterocycles. The molecule has 0 aromatic heterocycles. The zero-order chi connectivity index (χ0) is 17.3. The second-order valence-electron chi connectivity index (χ2n) is 6.62. The van der Waals surface area contributed by atoms with Gasteiger partial charge in [-0.2, -0.15) is 0 Å². The molecule has 0 bridgehead atoms. The highest BCUT2D eigenvalue weighted by Gasteiger charge is 2.40. The van der Waals surface area contributed by atoms with Crippen LogP contribution in [0.2, 0.25) is 0 Å². The molecular formula is C16H24N2O4S. The molecule has 1 aliphatic carbocycles. The highest BCUT2D eigenvalue weighted by Crippen LogP contribution is 2.39. The number of rotatable bonds is 7. The Kier molecular flexibility index (Phi) is 5.13. The van der Waals surface area contributed by atoms with Crippen molar-refractivity contribution in [2.75, 3.05) is 11.9 Å². The van der Waals surface area contributed by atoms with Crippen LogP contribution < -0.4 is 10.0 Å². The summed E-state index contributed by atoms with van der Waals surface area (Å²) in [6.45, 7) is 5.21. The molecule has 1 aliphatic rings. The van der Waals surface area contributed by atoms with E-state index >= 15 is 0 Å². The minimum absolute atomic E-state index is 0.00810. The predicted molar refractivity (Wildman–Crippen MR) is 88.4 cm³/mol. The lowest BCUT2D eigenvalue weighted by atomic mass is 10.0. The van der Waals surface area contributed by atoms with Gasteiger partial charge in [0.05, 0.1) is 10.5 Å². The number of aliphatic hydroxyl groups is 1. The molecule has 1 saturated carbocycles. The van der Waals surface area contributed by atoms with Crippen molar-refractivity contribution >= 4 is 21.6 Å². The van der Waals surface area contributed by atoms with Crippen LogP contribution in [0.5, 0.6) is 0 Å². The number of hydrogen-bond acceptors (Lipinski definition) is 4. The van der Waals surface area contributed by atoms with Crippen molar-refractivity contribution in [3.05, 3.63) is 24.3 Å². The van der Waals surface area contributed by atoms with Crippen LogP contribution >= 0.6 is 0 Å². The molecule has 1 fully saturated rings. The summed E-state index contributed by atoms with van der Waals surface area (Å²) in [4.78, 5) is 11.7. The summed E-state index contributed by atoms with van der Waals surface area (Å²) in [6, 6.07) is 5.97. The molecule has 0 saturated heterocycles. The fraction of sp³-hybridized carbons (Fsp3) is 0.562. The van der Waals surface area contributed by atoms with Gasteiger partial charge in [0.2, 0.25) is 15.9 Å². The van der Waals surface area contributed by atoms with Crippen LogP contribution in [-0.2, 0) is 14.8 Å². The molecule has 2 rings (SSSR count). The Morgan fingerprint density at radius 3 is 2.35 bits per heavy atom. The first-order chi connectivity index (χ1) is 10.6. The van der Waals surface area contributed by atoms with Gasteiger partial charge in [-0.3, -0.25) is 4.79 Å². The first kappa shape index (κ1) is 17.9. The van der Waals surface area contributed by atoms with Gasteiger partial charge in [-0.25, -0.2) is 13.1 Å². The number of sulfonamides is 1. The second kappa shape index (κ2) is 6.59. The van der Waals surface area contributed by atoms with Gasteiger partial charge in [-0.15, -0.1) is 0 Å². The molecular weight excluding hydrogens is 316 g/mol. The third kappa shape index (κ3) is 4.76. The van der Waals surface area contributed by atoms with E-state index in [2.05, 4.69) is 10.0 Å². The minimum atomic E-state index is -3.68. The van der Waals surface area contributed by atoms with Crippen LogP contribution in [0.25, 0.3) is 0 Å². The zero-order valence-electron chi connectivity index (χ0n) is 13.7. The van der Waals surface area contributed by atoms with Crippen LogP contribution in [0.15, 0.2) is 29.2 Å². The summed E-state index contributed by atoms with van der Waals surface area (Å²) >= 11 is 0. The normalized spacial score (nSPS) is 17.8. The van der Waals surface area contributed by atoms with E-state index in [0.29, 0.717) is 5.69 Å². The number of anilines is 1. The van der Waals surface area contributed by atoms with Crippen molar-refractivity contribution in [1.29, 1.82) is 0 Å². The summed E-state index contributed by atoms with van der Waals surface area (Å²) < 4.78 is 27.0. The van der Waals surface area contributed by atoms with E-state index in [0.717, 1.165) is 12.8 Å². The van der Waals surface area contributed by atoms with Crippen LogP contribution in [0.3, 0.4) is 0 Å². The maximum Gasteiger partial charge on any atom is 0.240 e. The highest BCUT2D eigenvalue weighted by atomic mass is 32.2. The molecule has 1 amide bonds. The summed E-state index contributed by atoms with van der Waals surface area (Å²) in [5.41, 5.74) is -0.467. The molecule has 0 spiro atoms. The molecule has 3 N–H and O–H groups in total. The lowest BCUT2D eigenvalue weighted by molar-refractivity contribution is -0.118. The van der Waals surface area contributed by atoms with Gasteiger partial charge >= 0.3 is 0 Å². The Morgan fingerprint density at radius 2 is 1.87 bits per heavy atom. The smallest absolute Gasteiger partial charge is 0.240 e. The third-order valence-corrected chi connectivity index (χ3v) is 5.45. The number of amides is 1. The maximum absolute atomic E-state index is 12.3. The van der Waals surface area contributed by atoms with E-state index in [-0.39, 0.29) is 29.2 Å².